The second-order valence-electron chi connectivity index (χ2n) is 4.18. The Bertz CT molecular complexity index is 413. The SMILES string of the molecule is CC(C)N(CCC(N)=S)C(=O)c1ccn(C)n1. The van der Waals surface area contributed by atoms with Gasteiger partial charge in [-0.25, -0.2) is 0 Å². The van der Waals surface area contributed by atoms with E-state index in [1.165, 1.54) is 0 Å². The molecule has 5 nitrogen and oxygen atoms in total. The van der Waals surface area contributed by atoms with Gasteiger partial charge in [-0.2, -0.15) is 5.10 Å². The number of aryl methyl sites for hydroxylation is 1. The summed E-state index contributed by atoms with van der Waals surface area (Å²) >= 11 is 4.83. The van der Waals surface area contributed by atoms with Crippen molar-refractivity contribution in [3.05, 3.63) is 18.0 Å². The summed E-state index contributed by atoms with van der Waals surface area (Å²) in [6.45, 7) is 4.45. The molecular weight excluding hydrogens is 236 g/mol. The summed E-state index contributed by atoms with van der Waals surface area (Å²) in [5.74, 6) is -0.0862. The molecule has 0 unspecified atom stereocenters. The van der Waals surface area contributed by atoms with E-state index in [-0.39, 0.29) is 11.9 Å². The molecule has 0 fully saturated rings. The summed E-state index contributed by atoms with van der Waals surface area (Å²) in [6, 6.07) is 1.80. The van der Waals surface area contributed by atoms with Crippen LogP contribution in [-0.4, -0.2) is 38.2 Å². The maximum absolute atomic E-state index is 12.2. The molecule has 0 spiro atoms. The number of hydrogen-bond donors (Lipinski definition) is 1. The number of nitrogens with zero attached hydrogens (tertiary/aromatic N) is 3. The topological polar surface area (TPSA) is 64.2 Å². The highest BCUT2D eigenvalue weighted by atomic mass is 32.1. The van der Waals surface area contributed by atoms with Crippen LogP contribution in [0.2, 0.25) is 0 Å². The summed E-state index contributed by atoms with van der Waals surface area (Å²) < 4.78 is 1.61. The molecule has 1 aromatic heterocycles. The maximum atomic E-state index is 12.2. The van der Waals surface area contributed by atoms with Gasteiger partial charge >= 0.3 is 0 Å². The number of hydrogen-bond acceptors (Lipinski definition) is 3. The highest BCUT2D eigenvalue weighted by molar-refractivity contribution is 7.80. The quantitative estimate of drug-likeness (QED) is 0.795. The van der Waals surface area contributed by atoms with Crippen LogP contribution in [0.4, 0.5) is 0 Å². The molecule has 1 aromatic rings. The Balaban J connectivity index is 2.77. The average Bonchev–Trinajstić information content (AvgIpc) is 2.63. The molecule has 1 heterocycles. The van der Waals surface area contributed by atoms with Gasteiger partial charge in [-0.3, -0.25) is 9.48 Å². The predicted octanol–water partition coefficient (Wildman–Crippen LogP) is 0.947. The standard InChI is InChI=1S/C11H18N4OS/c1-8(2)15(7-5-10(12)17)11(16)9-4-6-14(3)13-9/h4,6,8H,5,7H2,1-3H3,(H2,12,17). The van der Waals surface area contributed by atoms with E-state index in [4.69, 9.17) is 18.0 Å². The van der Waals surface area contributed by atoms with E-state index in [0.717, 1.165) is 0 Å². The summed E-state index contributed by atoms with van der Waals surface area (Å²) in [6.07, 6.45) is 2.28. The molecule has 17 heavy (non-hydrogen) atoms. The van der Waals surface area contributed by atoms with Gasteiger partial charge in [-0.15, -0.1) is 0 Å². The Kier molecular flexibility index (Phi) is 4.62. The zero-order valence-corrected chi connectivity index (χ0v) is 11.2. The lowest BCUT2D eigenvalue weighted by Gasteiger charge is -2.25. The van der Waals surface area contributed by atoms with Crippen LogP contribution < -0.4 is 5.73 Å². The highest BCUT2D eigenvalue weighted by Gasteiger charge is 2.20. The number of aromatic nitrogens is 2. The average molecular weight is 254 g/mol. The Labute approximate surface area is 107 Å². The molecule has 0 aliphatic carbocycles. The van der Waals surface area contributed by atoms with Gasteiger partial charge in [-0.05, 0) is 19.9 Å². The number of rotatable bonds is 5. The normalized spacial score (nSPS) is 10.6. The molecular formula is C11H18N4OS. The Morgan fingerprint density at radius 3 is 2.71 bits per heavy atom. The minimum atomic E-state index is -0.0862. The molecule has 0 aliphatic rings. The molecule has 2 N–H and O–H groups in total. The molecule has 0 aromatic carbocycles. The van der Waals surface area contributed by atoms with E-state index < -0.39 is 0 Å². The van der Waals surface area contributed by atoms with E-state index >= 15 is 0 Å². The Hall–Kier alpha value is -1.43. The highest BCUT2D eigenvalue weighted by Crippen LogP contribution is 2.07. The van der Waals surface area contributed by atoms with Gasteiger partial charge in [0.25, 0.3) is 5.91 Å². The lowest BCUT2D eigenvalue weighted by molar-refractivity contribution is 0.0705. The molecule has 0 aliphatic heterocycles. The van der Waals surface area contributed by atoms with Crippen LogP contribution in [-0.2, 0) is 7.05 Å². The molecule has 0 atom stereocenters. The van der Waals surface area contributed by atoms with Crippen LogP contribution in [0.1, 0.15) is 30.8 Å². The number of nitrogens with two attached hydrogens (primary N) is 1. The van der Waals surface area contributed by atoms with Gasteiger partial charge in [0, 0.05) is 32.3 Å². The Morgan fingerprint density at radius 2 is 2.29 bits per heavy atom. The summed E-state index contributed by atoms with van der Waals surface area (Å²) in [4.78, 5) is 14.3. The van der Waals surface area contributed by atoms with Crippen LogP contribution in [0.15, 0.2) is 12.3 Å². The van der Waals surface area contributed by atoms with Crippen LogP contribution in [0.3, 0.4) is 0 Å². The van der Waals surface area contributed by atoms with Gasteiger partial charge in [0.05, 0.1) is 4.99 Å². The molecule has 0 saturated heterocycles. The predicted molar refractivity (Wildman–Crippen MR) is 70.8 cm³/mol. The first-order valence-corrected chi connectivity index (χ1v) is 5.91. The van der Waals surface area contributed by atoms with Crippen molar-refractivity contribution in [2.24, 2.45) is 12.8 Å². The third-order valence-electron chi connectivity index (χ3n) is 2.42. The van der Waals surface area contributed by atoms with E-state index in [9.17, 15) is 4.79 Å². The molecule has 0 bridgehead atoms. The van der Waals surface area contributed by atoms with Gasteiger partial charge in [0.15, 0.2) is 0 Å². The third kappa shape index (κ3) is 3.81. The first-order valence-electron chi connectivity index (χ1n) is 5.50. The molecule has 0 saturated carbocycles. The number of carbonyl (C=O) groups is 1. The van der Waals surface area contributed by atoms with E-state index in [1.807, 2.05) is 13.8 Å². The zero-order chi connectivity index (χ0) is 13.0. The van der Waals surface area contributed by atoms with Crippen molar-refractivity contribution in [2.75, 3.05) is 6.54 Å². The van der Waals surface area contributed by atoms with E-state index in [1.54, 1.807) is 28.9 Å². The number of thiocarbonyl (C=S) groups is 1. The number of amides is 1. The fourth-order valence-corrected chi connectivity index (χ4v) is 1.59. The van der Waals surface area contributed by atoms with Gasteiger partial charge in [0.2, 0.25) is 0 Å². The van der Waals surface area contributed by atoms with Crippen molar-refractivity contribution in [3.63, 3.8) is 0 Å². The minimum Gasteiger partial charge on any atom is -0.393 e. The molecule has 6 heteroatoms. The lowest BCUT2D eigenvalue weighted by atomic mass is 10.2. The molecule has 1 amide bonds. The summed E-state index contributed by atoms with van der Waals surface area (Å²) in [7, 11) is 1.78. The van der Waals surface area contributed by atoms with Crippen LogP contribution in [0.25, 0.3) is 0 Å². The molecule has 1 rings (SSSR count). The van der Waals surface area contributed by atoms with Crippen molar-refractivity contribution in [1.82, 2.24) is 14.7 Å². The molecule has 0 radical (unpaired) electrons. The third-order valence-corrected chi connectivity index (χ3v) is 2.62. The monoisotopic (exact) mass is 254 g/mol. The van der Waals surface area contributed by atoms with Crippen molar-refractivity contribution in [2.45, 2.75) is 26.3 Å². The fourth-order valence-electron chi connectivity index (χ4n) is 1.50. The van der Waals surface area contributed by atoms with Crippen molar-refractivity contribution < 1.29 is 4.79 Å². The van der Waals surface area contributed by atoms with Crippen molar-refractivity contribution in [3.8, 4) is 0 Å². The van der Waals surface area contributed by atoms with Crippen molar-refractivity contribution in [1.29, 1.82) is 0 Å². The second kappa shape index (κ2) is 5.77. The lowest BCUT2D eigenvalue weighted by Crippen LogP contribution is -2.39. The van der Waals surface area contributed by atoms with Crippen LogP contribution in [0.5, 0.6) is 0 Å². The minimum absolute atomic E-state index is 0.0862. The maximum Gasteiger partial charge on any atom is 0.274 e. The van der Waals surface area contributed by atoms with Gasteiger partial charge in [-0.1, -0.05) is 12.2 Å². The summed E-state index contributed by atoms with van der Waals surface area (Å²) in [5.41, 5.74) is 5.91. The van der Waals surface area contributed by atoms with Crippen LogP contribution >= 0.6 is 12.2 Å². The van der Waals surface area contributed by atoms with E-state index in [0.29, 0.717) is 23.6 Å². The van der Waals surface area contributed by atoms with E-state index in [2.05, 4.69) is 5.10 Å². The van der Waals surface area contributed by atoms with Gasteiger partial charge in [0.1, 0.15) is 5.69 Å². The first-order chi connectivity index (χ1) is 7.91. The molecule has 94 valence electrons. The zero-order valence-electron chi connectivity index (χ0n) is 10.4. The number of carbonyl (C=O) groups excluding carboxylic acids is 1. The smallest absolute Gasteiger partial charge is 0.274 e. The van der Waals surface area contributed by atoms with Crippen molar-refractivity contribution >= 4 is 23.1 Å². The van der Waals surface area contributed by atoms with Crippen LogP contribution in [0, 0.1) is 0 Å². The Morgan fingerprint density at radius 1 is 1.65 bits per heavy atom. The second-order valence-corrected chi connectivity index (χ2v) is 4.71. The largest absolute Gasteiger partial charge is 0.393 e. The fraction of sp³-hybridized carbons (Fsp3) is 0.545. The summed E-state index contributed by atoms with van der Waals surface area (Å²) in [5, 5.41) is 4.10. The van der Waals surface area contributed by atoms with Gasteiger partial charge < -0.3 is 10.6 Å². The first kappa shape index (κ1) is 13.6.